The summed E-state index contributed by atoms with van der Waals surface area (Å²) in [6.07, 6.45) is 11.8. The minimum Gasteiger partial charge on any atom is -0.171 e. The molecule has 0 aliphatic rings. The highest BCUT2D eigenvalue weighted by molar-refractivity contribution is 4.65. The molecule has 0 rings (SSSR count). The summed E-state index contributed by atoms with van der Waals surface area (Å²) in [5, 5.41) is 0. The summed E-state index contributed by atoms with van der Waals surface area (Å²) in [6, 6.07) is 0. The minimum atomic E-state index is -3.97. The maximum atomic E-state index is 11.9. The second-order valence-corrected chi connectivity index (χ2v) is 5.69. The van der Waals surface area contributed by atoms with Gasteiger partial charge in [-0.1, -0.05) is 70.3 Å². The Labute approximate surface area is 122 Å². The van der Waals surface area contributed by atoms with Crippen LogP contribution in [0.1, 0.15) is 89.9 Å². The van der Waals surface area contributed by atoms with E-state index in [0.717, 1.165) is 25.7 Å². The first-order chi connectivity index (χ1) is 9.56. The maximum Gasteiger partial charge on any atom is 0.389 e. The van der Waals surface area contributed by atoms with Crippen LogP contribution in [0.15, 0.2) is 12.7 Å². The van der Waals surface area contributed by atoms with Crippen LogP contribution in [0.5, 0.6) is 0 Å². The lowest BCUT2D eigenvalue weighted by molar-refractivity contribution is -0.135. The van der Waals surface area contributed by atoms with E-state index < -0.39 is 12.6 Å². The van der Waals surface area contributed by atoms with Crippen molar-refractivity contribution in [1.82, 2.24) is 0 Å². The molecule has 0 spiro atoms. The molecular weight excluding hydrogens is 261 g/mol. The van der Waals surface area contributed by atoms with Gasteiger partial charge in [-0.3, -0.25) is 0 Å². The SMILES string of the molecule is C=CCCCCCCCCCCCCCCC(F)(F)F. The Balaban J connectivity index is 3.01. The number of halogens is 3. The zero-order chi connectivity index (χ0) is 15.1. The zero-order valence-corrected chi connectivity index (χ0v) is 12.8. The van der Waals surface area contributed by atoms with Crippen LogP contribution in [-0.4, -0.2) is 6.18 Å². The molecule has 0 unspecified atom stereocenters. The topological polar surface area (TPSA) is 0 Å². The predicted molar refractivity (Wildman–Crippen MR) is 80.9 cm³/mol. The van der Waals surface area contributed by atoms with E-state index in [1.54, 1.807) is 0 Å². The molecule has 0 aromatic carbocycles. The van der Waals surface area contributed by atoms with Gasteiger partial charge in [0.15, 0.2) is 0 Å². The average molecular weight is 292 g/mol. The predicted octanol–water partition coefficient (Wildman–Crippen LogP) is 7.20. The van der Waals surface area contributed by atoms with E-state index in [4.69, 9.17) is 0 Å². The summed E-state index contributed by atoms with van der Waals surface area (Å²) in [4.78, 5) is 0. The largest absolute Gasteiger partial charge is 0.389 e. The van der Waals surface area contributed by atoms with Crippen molar-refractivity contribution in [2.24, 2.45) is 0 Å². The molecule has 0 bridgehead atoms. The molecule has 20 heavy (non-hydrogen) atoms. The third kappa shape index (κ3) is 17.5. The Bertz CT molecular complexity index is 209. The summed E-state index contributed by atoms with van der Waals surface area (Å²) in [6.45, 7) is 3.71. The number of allylic oxidation sites excluding steroid dienone is 1. The summed E-state index contributed by atoms with van der Waals surface area (Å²) < 4.78 is 35.7. The van der Waals surface area contributed by atoms with Gasteiger partial charge in [0.25, 0.3) is 0 Å². The molecule has 3 heteroatoms. The smallest absolute Gasteiger partial charge is 0.171 e. The fourth-order valence-electron chi connectivity index (χ4n) is 2.38. The highest BCUT2D eigenvalue weighted by Crippen LogP contribution is 2.23. The summed E-state index contributed by atoms with van der Waals surface area (Å²) in [7, 11) is 0. The monoisotopic (exact) mass is 292 g/mol. The standard InChI is InChI=1S/C17H31F3/c1-2-3-4-5-6-7-8-9-10-11-12-13-14-15-16-17(18,19)20/h2H,1,3-16H2. The molecule has 0 fully saturated rings. The number of unbranched alkanes of at least 4 members (excludes halogenated alkanes) is 12. The molecule has 0 N–H and O–H groups in total. The summed E-state index contributed by atoms with van der Waals surface area (Å²) in [5.74, 6) is 0. The van der Waals surface area contributed by atoms with Crippen molar-refractivity contribution < 1.29 is 13.2 Å². The van der Waals surface area contributed by atoms with E-state index in [-0.39, 0.29) is 0 Å². The van der Waals surface area contributed by atoms with Gasteiger partial charge in [-0.05, 0) is 19.3 Å². The molecule has 0 aliphatic carbocycles. The highest BCUT2D eigenvalue weighted by Gasteiger charge is 2.25. The third-order valence-electron chi connectivity index (χ3n) is 3.62. The van der Waals surface area contributed by atoms with Crippen molar-refractivity contribution in [2.45, 2.75) is 96.1 Å². The molecular formula is C17H31F3. The average Bonchev–Trinajstić information content (AvgIpc) is 2.38. The van der Waals surface area contributed by atoms with Gasteiger partial charge in [0.1, 0.15) is 0 Å². The molecule has 0 atom stereocenters. The van der Waals surface area contributed by atoms with Crippen molar-refractivity contribution in [1.29, 1.82) is 0 Å². The van der Waals surface area contributed by atoms with Gasteiger partial charge in [0.05, 0.1) is 0 Å². The fourth-order valence-corrected chi connectivity index (χ4v) is 2.38. The van der Waals surface area contributed by atoms with Crippen molar-refractivity contribution in [3.63, 3.8) is 0 Å². The van der Waals surface area contributed by atoms with Crippen molar-refractivity contribution in [3.8, 4) is 0 Å². The van der Waals surface area contributed by atoms with E-state index in [1.807, 2.05) is 6.08 Å². The van der Waals surface area contributed by atoms with Crippen molar-refractivity contribution in [3.05, 3.63) is 12.7 Å². The van der Waals surface area contributed by atoms with Crippen molar-refractivity contribution >= 4 is 0 Å². The van der Waals surface area contributed by atoms with Crippen LogP contribution < -0.4 is 0 Å². The van der Waals surface area contributed by atoms with E-state index in [2.05, 4.69) is 6.58 Å². The van der Waals surface area contributed by atoms with Crippen LogP contribution in [0.4, 0.5) is 13.2 Å². The third-order valence-corrected chi connectivity index (χ3v) is 3.62. The van der Waals surface area contributed by atoms with E-state index in [1.165, 1.54) is 51.4 Å². The van der Waals surface area contributed by atoms with Gasteiger partial charge in [-0.15, -0.1) is 6.58 Å². The van der Waals surface area contributed by atoms with Crippen LogP contribution in [0, 0.1) is 0 Å². The summed E-state index contributed by atoms with van der Waals surface area (Å²) >= 11 is 0. The van der Waals surface area contributed by atoms with Crippen LogP contribution >= 0.6 is 0 Å². The first kappa shape index (κ1) is 19.5. The molecule has 0 heterocycles. The first-order valence-corrected chi connectivity index (χ1v) is 8.24. The quantitative estimate of drug-likeness (QED) is 0.234. The van der Waals surface area contributed by atoms with E-state index >= 15 is 0 Å². The Kier molecular flexibility index (Phi) is 13.2. The Morgan fingerprint density at radius 1 is 0.600 bits per heavy atom. The Morgan fingerprint density at radius 2 is 0.950 bits per heavy atom. The summed E-state index contributed by atoms with van der Waals surface area (Å²) in [5.41, 5.74) is 0. The number of alkyl halides is 3. The van der Waals surface area contributed by atoms with E-state index in [0.29, 0.717) is 6.42 Å². The minimum absolute atomic E-state index is 0.300. The lowest BCUT2D eigenvalue weighted by Crippen LogP contribution is -2.06. The molecule has 0 radical (unpaired) electrons. The van der Waals surface area contributed by atoms with Crippen LogP contribution in [0.2, 0.25) is 0 Å². The van der Waals surface area contributed by atoms with Crippen LogP contribution in [-0.2, 0) is 0 Å². The maximum absolute atomic E-state index is 11.9. The van der Waals surface area contributed by atoms with Gasteiger partial charge in [0, 0.05) is 6.42 Å². The Morgan fingerprint density at radius 3 is 1.30 bits per heavy atom. The number of hydrogen-bond donors (Lipinski definition) is 0. The van der Waals surface area contributed by atoms with Gasteiger partial charge < -0.3 is 0 Å². The van der Waals surface area contributed by atoms with Gasteiger partial charge in [-0.2, -0.15) is 13.2 Å². The molecule has 0 amide bonds. The van der Waals surface area contributed by atoms with Gasteiger partial charge in [-0.25, -0.2) is 0 Å². The highest BCUT2D eigenvalue weighted by atomic mass is 19.4. The lowest BCUT2D eigenvalue weighted by Gasteiger charge is -2.05. The zero-order valence-electron chi connectivity index (χ0n) is 12.8. The molecule has 0 nitrogen and oxygen atoms in total. The first-order valence-electron chi connectivity index (χ1n) is 8.24. The van der Waals surface area contributed by atoms with Crippen LogP contribution in [0.3, 0.4) is 0 Å². The number of rotatable bonds is 14. The Hall–Kier alpha value is -0.470. The van der Waals surface area contributed by atoms with Gasteiger partial charge in [0.2, 0.25) is 0 Å². The van der Waals surface area contributed by atoms with Crippen molar-refractivity contribution in [2.75, 3.05) is 0 Å². The second-order valence-electron chi connectivity index (χ2n) is 5.69. The molecule has 0 saturated carbocycles. The van der Waals surface area contributed by atoms with Gasteiger partial charge >= 0.3 is 6.18 Å². The molecule has 0 aromatic heterocycles. The number of hydrogen-bond acceptors (Lipinski definition) is 0. The lowest BCUT2D eigenvalue weighted by atomic mass is 10.0. The fraction of sp³-hybridized carbons (Fsp3) is 0.882. The molecule has 0 aromatic rings. The molecule has 0 aliphatic heterocycles. The van der Waals surface area contributed by atoms with E-state index in [9.17, 15) is 13.2 Å². The molecule has 0 saturated heterocycles. The normalized spacial score (nSPS) is 11.8. The molecule has 120 valence electrons. The second kappa shape index (κ2) is 13.5. The van der Waals surface area contributed by atoms with Crippen LogP contribution in [0.25, 0.3) is 0 Å².